The predicted molar refractivity (Wildman–Crippen MR) is 139 cm³/mol. The molecule has 0 bridgehead atoms. The first-order valence-electron chi connectivity index (χ1n) is 11.5. The summed E-state index contributed by atoms with van der Waals surface area (Å²) in [6.45, 7) is 2.26. The van der Waals surface area contributed by atoms with E-state index in [4.69, 9.17) is 5.11 Å². The molecule has 4 aromatic rings. The number of aliphatic carboxylic acids is 1. The third-order valence-corrected chi connectivity index (χ3v) is 5.75. The van der Waals surface area contributed by atoms with Crippen molar-refractivity contribution >= 4 is 23.4 Å². The van der Waals surface area contributed by atoms with Gasteiger partial charge in [0.25, 0.3) is 5.56 Å². The van der Waals surface area contributed by atoms with E-state index in [1.807, 2.05) is 55.5 Å². The molecule has 0 fully saturated rings. The summed E-state index contributed by atoms with van der Waals surface area (Å²) in [6, 6.07) is 21.7. The number of carbonyl (C=O) groups is 2. The standard InChI is InChI=1S/C28H26N4O4/c1-19-4-2-3-5-25(19)31-28(36)30-23-13-11-22(12-14-23)24-16-29-18-32(27(24)35)17-21-8-6-20(7-9-21)10-15-26(33)34/h2-9,11-14,16,18H,10,15,17H2,1H3,(H,33,34)(H2,30,31,36). The first-order chi connectivity index (χ1) is 17.4. The van der Waals surface area contributed by atoms with E-state index in [0.717, 1.165) is 22.4 Å². The van der Waals surface area contributed by atoms with E-state index in [-0.39, 0.29) is 18.0 Å². The molecule has 2 amide bonds. The molecular weight excluding hydrogens is 456 g/mol. The van der Waals surface area contributed by atoms with E-state index in [2.05, 4.69) is 15.6 Å². The van der Waals surface area contributed by atoms with Gasteiger partial charge in [0.15, 0.2) is 0 Å². The molecule has 0 aliphatic heterocycles. The van der Waals surface area contributed by atoms with Gasteiger partial charge in [-0.3, -0.25) is 14.2 Å². The number of urea groups is 1. The molecule has 0 aliphatic rings. The molecule has 0 aliphatic carbocycles. The Morgan fingerprint density at radius 3 is 2.31 bits per heavy atom. The van der Waals surface area contributed by atoms with E-state index in [1.165, 1.54) is 17.1 Å². The van der Waals surface area contributed by atoms with E-state index in [1.54, 1.807) is 24.3 Å². The van der Waals surface area contributed by atoms with Crippen LogP contribution in [0.5, 0.6) is 0 Å². The normalized spacial score (nSPS) is 10.6. The van der Waals surface area contributed by atoms with E-state index in [0.29, 0.717) is 29.8 Å². The van der Waals surface area contributed by atoms with Crippen LogP contribution in [-0.4, -0.2) is 26.7 Å². The van der Waals surface area contributed by atoms with Gasteiger partial charge in [-0.15, -0.1) is 0 Å². The minimum absolute atomic E-state index is 0.0798. The van der Waals surface area contributed by atoms with Crippen LogP contribution in [-0.2, 0) is 17.8 Å². The number of aryl methyl sites for hydroxylation is 2. The first kappa shape index (κ1) is 24.4. The van der Waals surface area contributed by atoms with Crippen LogP contribution >= 0.6 is 0 Å². The Kier molecular flexibility index (Phi) is 7.55. The minimum atomic E-state index is -0.831. The van der Waals surface area contributed by atoms with Gasteiger partial charge in [0.1, 0.15) is 0 Å². The average Bonchev–Trinajstić information content (AvgIpc) is 2.87. The molecule has 8 nitrogen and oxygen atoms in total. The van der Waals surface area contributed by atoms with Gasteiger partial charge in [-0.2, -0.15) is 0 Å². The number of nitrogens with one attached hydrogen (secondary N) is 2. The quantitative estimate of drug-likeness (QED) is 0.330. The number of anilines is 2. The lowest BCUT2D eigenvalue weighted by atomic mass is 10.1. The molecule has 0 unspecified atom stereocenters. The molecule has 0 spiro atoms. The number of hydrogen-bond acceptors (Lipinski definition) is 4. The van der Waals surface area contributed by atoms with Crippen molar-refractivity contribution in [3.63, 3.8) is 0 Å². The third-order valence-electron chi connectivity index (χ3n) is 5.75. The average molecular weight is 483 g/mol. The summed E-state index contributed by atoms with van der Waals surface area (Å²) in [6.07, 6.45) is 3.57. The van der Waals surface area contributed by atoms with Crippen molar-refractivity contribution in [3.05, 3.63) is 112 Å². The van der Waals surface area contributed by atoms with E-state index < -0.39 is 5.97 Å². The third kappa shape index (κ3) is 6.24. The SMILES string of the molecule is Cc1ccccc1NC(=O)Nc1ccc(-c2cncn(Cc3ccc(CCC(=O)O)cc3)c2=O)cc1. The molecule has 3 N–H and O–H groups in total. The van der Waals surface area contributed by atoms with Crippen molar-refractivity contribution in [1.29, 1.82) is 0 Å². The molecule has 1 heterocycles. The molecule has 4 rings (SSSR count). The summed E-state index contributed by atoms with van der Waals surface area (Å²) in [5.41, 5.74) is 5.09. The van der Waals surface area contributed by atoms with Gasteiger partial charge in [0.2, 0.25) is 0 Å². The van der Waals surface area contributed by atoms with Gasteiger partial charge in [-0.05, 0) is 53.8 Å². The van der Waals surface area contributed by atoms with Crippen LogP contribution in [0.2, 0.25) is 0 Å². The number of aromatic nitrogens is 2. The molecule has 36 heavy (non-hydrogen) atoms. The molecule has 3 aromatic carbocycles. The van der Waals surface area contributed by atoms with Gasteiger partial charge in [-0.1, -0.05) is 54.6 Å². The summed E-state index contributed by atoms with van der Waals surface area (Å²) in [4.78, 5) is 40.4. The van der Waals surface area contributed by atoms with Crippen molar-refractivity contribution in [2.24, 2.45) is 0 Å². The number of hydrogen-bond donors (Lipinski definition) is 3. The summed E-state index contributed by atoms with van der Waals surface area (Å²) in [5, 5.41) is 14.4. The number of para-hydroxylation sites is 1. The van der Waals surface area contributed by atoms with Crippen molar-refractivity contribution in [2.75, 3.05) is 10.6 Å². The lowest BCUT2D eigenvalue weighted by Crippen LogP contribution is -2.22. The maximum Gasteiger partial charge on any atom is 0.323 e. The number of amides is 2. The number of carbonyl (C=O) groups excluding carboxylic acids is 1. The monoisotopic (exact) mass is 482 g/mol. The Hall–Kier alpha value is -4.72. The Labute approximate surface area is 208 Å². The molecule has 1 aromatic heterocycles. The lowest BCUT2D eigenvalue weighted by molar-refractivity contribution is -0.136. The smallest absolute Gasteiger partial charge is 0.323 e. The lowest BCUT2D eigenvalue weighted by Gasteiger charge is -2.11. The fraction of sp³-hybridized carbons (Fsp3) is 0.143. The molecule has 8 heteroatoms. The van der Waals surface area contributed by atoms with Crippen LogP contribution in [0, 0.1) is 6.92 Å². The summed E-state index contributed by atoms with van der Waals surface area (Å²) in [5.74, 6) is -0.831. The van der Waals surface area contributed by atoms with Crippen LogP contribution in [0.3, 0.4) is 0 Å². The van der Waals surface area contributed by atoms with Crippen molar-refractivity contribution in [1.82, 2.24) is 9.55 Å². The number of rotatable bonds is 8. The Morgan fingerprint density at radius 1 is 0.917 bits per heavy atom. The summed E-state index contributed by atoms with van der Waals surface area (Å²) < 4.78 is 1.53. The van der Waals surface area contributed by atoms with Crippen LogP contribution in [0.1, 0.15) is 23.1 Å². The minimum Gasteiger partial charge on any atom is -0.481 e. The maximum atomic E-state index is 13.1. The Morgan fingerprint density at radius 2 is 1.61 bits per heavy atom. The number of carboxylic acid groups (broad SMARTS) is 1. The highest BCUT2D eigenvalue weighted by atomic mass is 16.4. The van der Waals surface area contributed by atoms with Gasteiger partial charge in [0.05, 0.1) is 18.4 Å². The van der Waals surface area contributed by atoms with Gasteiger partial charge < -0.3 is 15.7 Å². The van der Waals surface area contributed by atoms with Gasteiger partial charge in [-0.25, -0.2) is 9.78 Å². The summed E-state index contributed by atoms with van der Waals surface area (Å²) >= 11 is 0. The highest BCUT2D eigenvalue weighted by Gasteiger charge is 2.09. The number of nitrogens with zero attached hydrogens (tertiary/aromatic N) is 2. The van der Waals surface area contributed by atoms with Crippen LogP contribution in [0.15, 0.2) is 90.1 Å². The Bertz CT molecular complexity index is 1430. The second-order valence-corrected chi connectivity index (χ2v) is 8.42. The van der Waals surface area contributed by atoms with Gasteiger partial charge >= 0.3 is 12.0 Å². The van der Waals surface area contributed by atoms with Crippen molar-refractivity contribution < 1.29 is 14.7 Å². The highest BCUT2D eigenvalue weighted by molar-refractivity contribution is 6.00. The predicted octanol–water partition coefficient (Wildman–Crippen LogP) is 4.93. The summed E-state index contributed by atoms with van der Waals surface area (Å²) in [7, 11) is 0. The van der Waals surface area contributed by atoms with Crippen LogP contribution in [0.25, 0.3) is 11.1 Å². The van der Waals surface area contributed by atoms with Gasteiger partial charge in [0, 0.05) is 24.0 Å². The molecule has 0 saturated carbocycles. The number of carboxylic acids is 1. The fourth-order valence-corrected chi connectivity index (χ4v) is 3.75. The largest absolute Gasteiger partial charge is 0.481 e. The van der Waals surface area contributed by atoms with Crippen molar-refractivity contribution in [3.8, 4) is 11.1 Å². The first-order valence-corrected chi connectivity index (χ1v) is 11.5. The van der Waals surface area contributed by atoms with Crippen LogP contribution in [0.4, 0.5) is 16.2 Å². The zero-order valence-corrected chi connectivity index (χ0v) is 19.8. The zero-order valence-electron chi connectivity index (χ0n) is 19.8. The fourth-order valence-electron chi connectivity index (χ4n) is 3.75. The van der Waals surface area contributed by atoms with E-state index >= 15 is 0 Å². The second-order valence-electron chi connectivity index (χ2n) is 8.42. The maximum absolute atomic E-state index is 13.1. The molecular formula is C28H26N4O4. The number of benzene rings is 3. The van der Waals surface area contributed by atoms with E-state index in [9.17, 15) is 14.4 Å². The second kappa shape index (κ2) is 11.1. The molecule has 0 radical (unpaired) electrons. The molecule has 0 saturated heterocycles. The topological polar surface area (TPSA) is 113 Å². The van der Waals surface area contributed by atoms with Crippen LogP contribution < -0.4 is 16.2 Å². The Balaban J connectivity index is 1.43. The molecule has 0 atom stereocenters. The molecule has 182 valence electrons. The zero-order chi connectivity index (χ0) is 25.5. The van der Waals surface area contributed by atoms with Crippen molar-refractivity contribution in [2.45, 2.75) is 26.3 Å². The highest BCUT2D eigenvalue weighted by Crippen LogP contribution is 2.19.